The Morgan fingerprint density at radius 2 is 2.11 bits per heavy atom. The summed E-state index contributed by atoms with van der Waals surface area (Å²) in [7, 11) is 1.31. The highest BCUT2D eigenvalue weighted by atomic mass is 16.5. The molecule has 0 aromatic heterocycles. The van der Waals surface area contributed by atoms with Gasteiger partial charge in [0.1, 0.15) is 6.04 Å². The molecule has 0 aromatic carbocycles. The van der Waals surface area contributed by atoms with E-state index >= 15 is 0 Å². The Morgan fingerprint density at radius 3 is 2.56 bits per heavy atom. The number of hydrogen-bond donors (Lipinski definition) is 2. The molecule has 3 atom stereocenters. The van der Waals surface area contributed by atoms with Crippen LogP contribution in [-0.2, 0) is 19.1 Å². The van der Waals surface area contributed by atoms with Gasteiger partial charge >= 0.3 is 5.97 Å². The number of esters is 1. The first-order valence-electron chi connectivity index (χ1n) is 6.17. The minimum atomic E-state index is -0.615. The highest BCUT2D eigenvalue weighted by Crippen LogP contribution is 2.13. The Kier molecular flexibility index (Phi) is 5.55. The predicted octanol–water partition coefficient (Wildman–Crippen LogP) is -0.336. The van der Waals surface area contributed by atoms with Crippen molar-refractivity contribution in [2.75, 3.05) is 20.3 Å². The van der Waals surface area contributed by atoms with E-state index in [-0.39, 0.29) is 23.8 Å². The number of nitrogens with one attached hydrogen (secondary N) is 1. The lowest BCUT2D eigenvalue weighted by Gasteiger charge is -2.21. The standard InChI is InChI=1S/C12H22N2O4/c1-7(2)4-10(12(16)17-3)14-11(15)8-5-18-6-9(8)13/h7-10H,4-6,13H2,1-3H3,(H,14,15)/t8?,9?,10-/m0/s1. The third kappa shape index (κ3) is 3.96. The van der Waals surface area contributed by atoms with Crippen molar-refractivity contribution in [3.63, 3.8) is 0 Å². The molecule has 6 nitrogen and oxygen atoms in total. The van der Waals surface area contributed by atoms with Gasteiger partial charge in [-0.25, -0.2) is 4.79 Å². The zero-order chi connectivity index (χ0) is 13.7. The first-order valence-corrected chi connectivity index (χ1v) is 6.17. The van der Waals surface area contributed by atoms with Crippen molar-refractivity contribution >= 4 is 11.9 Å². The number of nitrogens with two attached hydrogens (primary N) is 1. The van der Waals surface area contributed by atoms with Crippen LogP contribution in [-0.4, -0.2) is 44.3 Å². The van der Waals surface area contributed by atoms with E-state index in [1.54, 1.807) is 0 Å². The molecule has 6 heteroatoms. The van der Waals surface area contributed by atoms with Crippen LogP contribution >= 0.6 is 0 Å². The number of amides is 1. The van der Waals surface area contributed by atoms with E-state index in [1.807, 2.05) is 13.8 Å². The van der Waals surface area contributed by atoms with Crippen molar-refractivity contribution in [3.8, 4) is 0 Å². The molecule has 0 spiro atoms. The molecule has 3 N–H and O–H groups in total. The highest BCUT2D eigenvalue weighted by molar-refractivity contribution is 5.86. The topological polar surface area (TPSA) is 90.6 Å². The van der Waals surface area contributed by atoms with Gasteiger partial charge in [-0.1, -0.05) is 13.8 Å². The molecule has 0 radical (unpaired) electrons. The molecular formula is C12H22N2O4. The third-order valence-electron chi connectivity index (χ3n) is 2.97. The molecule has 1 aliphatic heterocycles. The minimum absolute atomic E-state index is 0.240. The van der Waals surface area contributed by atoms with Gasteiger partial charge in [0.05, 0.1) is 26.2 Å². The van der Waals surface area contributed by atoms with Gasteiger partial charge in [0, 0.05) is 6.04 Å². The zero-order valence-corrected chi connectivity index (χ0v) is 11.1. The molecule has 0 aliphatic carbocycles. The molecule has 1 aliphatic rings. The molecular weight excluding hydrogens is 236 g/mol. The number of methoxy groups -OCH3 is 1. The molecule has 18 heavy (non-hydrogen) atoms. The Bertz CT molecular complexity index is 306. The molecule has 0 saturated carbocycles. The molecule has 1 saturated heterocycles. The van der Waals surface area contributed by atoms with Crippen molar-refractivity contribution < 1.29 is 19.1 Å². The van der Waals surface area contributed by atoms with Gasteiger partial charge in [0.2, 0.25) is 5.91 Å². The fourth-order valence-electron chi connectivity index (χ4n) is 1.95. The van der Waals surface area contributed by atoms with Crippen molar-refractivity contribution in [2.24, 2.45) is 17.6 Å². The van der Waals surface area contributed by atoms with Crippen LogP contribution < -0.4 is 11.1 Å². The summed E-state index contributed by atoms with van der Waals surface area (Å²) in [5.74, 6) is -0.771. The summed E-state index contributed by atoms with van der Waals surface area (Å²) in [5.41, 5.74) is 5.76. The van der Waals surface area contributed by atoms with Crippen LogP contribution in [0.25, 0.3) is 0 Å². The number of rotatable bonds is 5. The summed E-state index contributed by atoms with van der Waals surface area (Å²) in [6, 6.07) is -0.919. The number of hydrogen-bond acceptors (Lipinski definition) is 5. The Labute approximate surface area is 107 Å². The lowest BCUT2D eigenvalue weighted by Crippen LogP contribution is -2.48. The van der Waals surface area contributed by atoms with Crippen LogP contribution in [0, 0.1) is 11.8 Å². The van der Waals surface area contributed by atoms with Gasteiger partial charge in [-0.3, -0.25) is 4.79 Å². The second-order valence-corrected chi connectivity index (χ2v) is 5.02. The third-order valence-corrected chi connectivity index (χ3v) is 2.97. The molecule has 1 fully saturated rings. The summed E-state index contributed by atoms with van der Waals surface area (Å²) < 4.78 is 9.83. The number of carbonyl (C=O) groups excluding carboxylic acids is 2. The van der Waals surface area contributed by atoms with Gasteiger partial charge in [0.25, 0.3) is 0 Å². The van der Waals surface area contributed by atoms with E-state index < -0.39 is 12.0 Å². The average molecular weight is 258 g/mol. The monoisotopic (exact) mass is 258 g/mol. The Morgan fingerprint density at radius 1 is 1.44 bits per heavy atom. The molecule has 1 rings (SSSR count). The SMILES string of the molecule is COC(=O)[C@H](CC(C)C)NC(=O)C1COCC1N. The quantitative estimate of drug-likeness (QED) is 0.659. The second kappa shape index (κ2) is 6.70. The summed E-state index contributed by atoms with van der Waals surface area (Å²) in [5, 5.41) is 2.70. The van der Waals surface area contributed by atoms with Crippen molar-refractivity contribution in [1.82, 2.24) is 5.32 Å². The molecule has 1 amide bonds. The zero-order valence-electron chi connectivity index (χ0n) is 11.1. The lowest BCUT2D eigenvalue weighted by molar-refractivity contribution is -0.146. The van der Waals surface area contributed by atoms with Crippen molar-refractivity contribution in [1.29, 1.82) is 0 Å². The van der Waals surface area contributed by atoms with E-state index in [9.17, 15) is 9.59 Å². The summed E-state index contributed by atoms with van der Waals surface area (Å²) in [6.45, 7) is 4.65. The van der Waals surface area contributed by atoms with Crippen molar-refractivity contribution in [3.05, 3.63) is 0 Å². The largest absolute Gasteiger partial charge is 0.467 e. The number of carbonyl (C=O) groups is 2. The maximum atomic E-state index is 12.0. The first-order chi connectivity index (χ1) is 8.45. The first kappa shape index (κ1) is 14.9. The van der Waals surface area contributed by atoms with E-state index in [2.05, 4.69) is 10.1 Å². The summed E-state index contributed by atoms with van der Waals surface area (Å²) >= 11 is 0. The summed E-state index contributed by atoms with van der Waals surface area (Å²) in [6.07, 6.45) is 0.543. The fraction of sp³-hybridized carbons (Fsp3) is 0.833. The van der Waals surface area contributed by atoms with Crippen LogP contribution in [0.5, 0.6) is 0 Å². The van der Waals surface area contributed by atoms with Crippen LogP contribution in [0.1, 0.15) is 20.3 Å². The van der Waals surface area contributed by atoms with Gasteiger partial charge in [0.15, 0.2) is 0 Å². The molecule has 0 aromatic rings. The van der Waals surface area contributed by atoms with Gasteiger partial charge < -0.3 is 20.5 Å². The van der Waals surface area contributed by atoms with Crippen molar-refractivity contribution in [2.45, 2.75) is 32.4 Å². The van der Waals surface area contributed by atoms with E-state index in [4.69, 9.17) is 10.5 Å². The maximum absolute atomic E-state index is 12.0. The van der Waals surface area contributed by atoms with Gasteiger partial charge in [-0.2, -0.15) is 0 Å². The highest BCUT2D eigenvalue weighted by Gasteiger charge is 2.34. The number of ether oxygens (including phenoxy) is 2. The van der Waals surface area contributed by atoms with Crippen LogP contribution in [0.4, 0.5) is 0 Å². The lowest BCUT2D eigenvalue weighted by atomic mass is 10.0. The normalized spacial score (nSPS) is 24.9. The molecule has 104 valence electrons. The predicted molar refractivity (Wildman–Crippen MR) is 65.7 cm³/mol. The van der Waals surface area contributed by atoms with Crippen LogP contribution in [0.15, 0.2) is 0 Å². The van der Waals surface area contributed by atoms with Crippen LogP contribution in [0.2, 0.25) is 0 Å². The molecule has 2 unspecified atom stereocenters. The Balaban J connectivity index is 2.59. The summed E-state index contributed by atoms with van der Waals surface area (Å²) in [4.78, 5) is 23.6. The average Bonchev–Trinajstić information content (AvgIpc) is 2.73. The van der Waals surface area contributed by atoms with Crippen LogP contribution in [0.3, 0.4) is 0 Å². The maximum Gasteiger partial charge on any atom is 0.328 e. The van der Waals surface area contributed by atoms with E-state index in [0.29, 0.717) is 19.6 Å². The van der Waals surface area contributed by atoms with Gasteiger partial charge in [-0.05, 0) is 12.3 Å². The van der Waals surface area contributed by atoms with Gasteiger partial charge in [-0.15, -0.1) is 0 Å². The molecule has 1 heterocycles. The second-order valence-electron chi connectivity index (χ2n) is 5.02. The minimum Gasteiger partial charge on any atom is -0.467 e. The van der Waals surface area contributed by atoms with E-state index in [1.165, 1.54) is 7.11 Å². The smallest absolute Gasteiger partial charge is 0.328 e. The van der Waals surface area contributed by atoms with E-state index in [0.717, 1.165) is 0 Å². The Hall–Kier alpha value is -1.14. The molecule has 0 bridgehead atoms. The fourth-order valence-corrected chi connectivity index (χ4v) is 1.95.